The van der Waals surface area contributed by atoms with Crippen LogP contribution in [0.1, 0.15) is 31.9 Å². The molecule has 0 radical (unpaired) electrons. The van der Waals surface area contributed by atoms with Crippen molar-refractivity contribution in [1.82, 2.24) is 5.32 Å². The van der Waals surface area contributed by atoms with Gasteiger partial charge >= 0.3 is 0 Å². The van der Waals surface area contributed by atoms with E-state index >= 15 is 0 Å². The fourth-order valence-electron chi connectivity index (χ4n) is 2.49. The van der Waals surface area contributed by atoms with Gasteiger partial charge in [-0.3, -0.25) is 4.79 Å². The Hall–Kier alpha value is -1.01. The lowest BCUT2D eigenvalue weighted by Crippen LogP contribution is -2.36. The van der Waals surface area contributed by atoms with Gasteiger partial charge in [0.2, 0.25) is 5.91 Å². The van der Waals surface area contributed by atoms with Crippen LogP contribution in [0.15, 0.2) is 29.2 Å². The van der Waals surface area contributed by atoms with Crippen LogP contribution < -0.4 is 5.32 Å². The molecule has 1 N–H and O–H groups in total. The molecule has 0 saturated carbocycles. The Balaban J connectivity index is 2.01. The zero-order chi connectivity index (χ0) is 15.5. The highest BCUT2D eigenvalue weighted by Gasteiger charge is 2.24. The summed E-state index contributed by atoms with van der Waals surface area (Å²) in [6, 6.07) is 7.87. The molecule has 2 rings (SSSR count). The summed E-state index contributed by atoms with van der Waals surface area (Å²) in [6.45, 7) is 3.67. The summed E-state index contributed by atoms with van der Waals surface area (Å²) in [5, 5.41) is 2.87. The molecule has 0 saturated heterocycles. The smallest absolute Gasteiger partial charge is 0.235 e. The molecule has 1 heterocycles. The number of rotatable bonds is 5. The largest absolute Gasteiger partial charge is 0.348 e. The standard InChI is InChI=1S/C15H21NO3S2/c1-11(2)9-21(18,19)10-15(17)16-13-7-8-20-14-6-4-3-5-12(13)14/h3-6,11,13H,7-10H2,1-2H3,(H,16,17)/t13-/m0/s1. The number of thioether (sulfide) groups is 1. The summed E-state index contributed by atoms with van der Waals surface area (Å²) < 4.78 is 23.7. The van der Waals surface area contributed by atoms with Gasteiger partial charge in [-0.25, -0.2) is 8.42 Å². The molecule has 4 nitrogen and oxygen atoms in total. The van der Waals surface area contributed by atoms with E-state index in [1.54, 1.807) is 11.8 Å². The Bertz CT molecular complexity index is 611. The molecule has 0 fully saturated rings. The highest BCUT2D eigenvalue weighted by atomic mass is 32.2. The van der Waals surface area contributed by atoms with Crippen LogP contribution in [0.3, 0.4) is 0 Å². The summed E-state index contributed by atoms with van der Waals surface area (Å²) in [7, 11) is -3.33. The van der Waals surface area contributed by atoms with E-state index in [1.807, 2.05) is 38.1 Å². The van der Waals surface area contributed by atoms with Gasteiger partial charge in [0, 0.05) is 10.6 Å². The van der Waals surface area contributed by atoms with Crippen LogP contribution in [0.2, 0.25) is 0 Å². The Morgan fingerprint density at radius 2 is 2.10 bits per heavy atom. The van der Waals surface area contributed by atoms with Crippen molar-refractivity contribution >= 4 is 27.5 Å². The molecular weight excluding hydrogens is 306 g/mol. The van der Waals surface area contributed by atoms with Gasteiger partial charge < -0.3 is 5.32 Å². The van der Waals surface area contributed by atoms with Crippen LogP contribution in [0.5, 0.6) is 0 Å². The second kappa shape index (κ2) is 6.83. The van der Waals surface area contributed by atoms with Gasteiger partial charge in [0.1, 0.15) is 5.75 Å². The fourth-order valence-corrected chi connectivity index (χ4v) is 5.24. The van der Waals surface area contributed by atoms with E-state index in [2.05, 4.69) is 5.32 Å². The molecule has 0 bridgehead atoms. The van der Waals surface area contributed by atoms with E-state index in [0.29, 0.717) is 0 Å². The predicted octanol–water partition coefficient (Wildman–Crippen LogP) is 2.41. The second-order valence-corrected chi connectivity index (χ2v) is 8.99. The van der Waals surface area contributed by atoms with Crippen LogP contribution in [0.25, 0.3) is 0 Å². The third kappa shape index (κ3) is 4.74. The molecule has 1 atom stereocenters. The minimum atomic E-state index is -3.33. The lowest BCUT2D eigenvalue weighted by molar-refractivity contribution is -0.119. The van der Waals surface area contributed by atoms with Gasteiger partial charge in [-0.05, 0) is 24.0 Å². The Kier molecular flexibility index (Phi) is 5.32. The number of carbonyl (C=O) groups is 1. The number of hydrogen-bond acceptors (Lipinski definition) is 4. The van der Waals surface area contributed by atoms with Crippen molar-refractivity contribution in [1.29, 1.82) is 0 Å². The maximum atomic E-state index is 12.0. The topological polar surface area (TPSA) is 63.2 Å². The van der Waals surface area contributed by atoms with Gasteiger partial charge in [0.15, 0.2) is 9.84 Å². The average Bonchev–Trinajstić information content (AvgIpc) is 2.36. The monoisotopic (exact) mass is 327 g/mol. The number of sulfone groups is 1. The summed E-state index contributed by atoms with van der Waals surface area (Å²) in [5.41, 5.74) is 1.09. The molecule has 21 heavy (non-hydrogen) atoms. The van der Waals surface area contributed by atoms with Crippen LogP contribution in [-0.4, -0.2) is 31.6 Å². The summed E-state index contributed by atoms with van der Waals surface area (Å²) in [4.78, 5) is 13.2. The van der Waals surface area contributed by atoms with Crippen molar-refractivity contribution in [3.8, 4) is 0 Å². The van der Waals surface area contributed by atoms with E-state index in [9.17, 15) is 13.2 Å². The van der Waals surface area contributed by atoms with Crippen molar-refractivity contribution in [2.24, 2.45) is 5.92 Å². The quantitative estimate of drug-likeness (QED) is 0.902. The number of hydrogen-bond donors (Lipinski definition) is 1. The third-order valence-electron chi connectivity index (χ3n) is 3.23. The number of nitrogens with one attached hydrogen (secondary N) is 1. The number of amides is 1. The Labute approximate surface area is 130 Å². The van der Waals surface area contributed by atoms with E-state index in [0.717, 1.165) is 17.7 Å². The maximum absolute atomic E-state index is 12.0. The molecule has 0 unspecified atom stereocenters. The van der Waals surface area contributed by atoms with Crippen molar-refractivity contribution in [3.63, 3.8) is 0 Å². The van der Waals surface area contributed by atoms with Crippen LogP contribution >= 0.6 is 11.8 Å². The number of fused-ring (bicyclic) bond motifs is 1. The van der Waals surface area contributed by atoms with Crippen molar-refractivity contribution in [2.75, 3.05) is 17.3 Å². The molecule has 1 aromatic rings. The normalized spacial score (nSPS) is 18.3. The van der Waals surface area contributed by atoms with E-state index in [-0.39, 0.29) is 17.7 Å². The molecule has 0 aliphatic carbocycles. The van der Waals surface area contributed by atoms with Gasteiger partial charge in [-0.15, -0.1) is 11.8 Å². The number of carbonyl (C=O) groups excluding carboxylic acids is 1. The summed E-state index contributed by atoms with van der Waals surface area (Å²) in [6.07, 6.45) is 0.831. The SMILES string of the molecule is CC(C)CS(=O)(=O)CC(=O)N[C@H]1CCSc2ccccc21. The molecule has 0 spiro atoms. The molecule has 1 aromatic carbocycles. The maximum Gasteiger partial charge on any atom is 0.235 e. The minimum absolute atomic E-state index is 0.0367. The van der Waals surface area contributed by atoms with Crippen LogP contribution in [0, 0.1) is 5.92 Å². The first-order valence-corrected chi connectivity index (χ1v) is 9.89. The van der Waals surface area contributed by atoms with Crippen molar-refractivity contribution in [2.45, 2.75) is 31.2 Å². The Morgan fingerprint density at radius 1 is 1.38 bits per heavy atom. The molecule has 116 valence electrons. The first kappa shape index (κ1) is 16.4. The van der Waals surface area contributed by atoms with E-state index < -0.39 is 21.5 Å². The second-order valence-electron chi connectivity index (χ2n) is 5.74. The predicted molar refractivity (Wildman–Crippen MR) is 86.2 cm³/mol. The summed E-state index contributed by atoms with van der Waals surface area (Å²) >= 11 is 1.77. The van der Waals surface area contributed by atoms with Gasteiger partial charge in [-0.2, -0.15) is 0 Å². The number of benzene rings is 1. The minimum Gasteiger partial charge on any atom is -0.348 e. The molecular formula is C15H21NO3S2. The zero-order valence-electron chi connectivity index (χ0n) is 12.3. The molecule has 0 aromatic heterocycles. The first-order chi connectivity index (χ1) is 9.87. The third-order valence-corrected chi connectivity index (χ3v) is 6.23. The fraction of sp³-hybridized carbons (Fsp3) is 0.533. The highest BCUT2D eigenvalue weighted by Crippen LogP contribution is 2.35. The molecule has 6 heteroatoms. The lowest BCUT2D eigenvalue weighted by Gasteiger charge is -2.25. The van der Waals surface area contributed by atoms with E-state index in [1.165, 1.54) is 4.90 Å². The van der Waals surface area contributed by atoms with Crippen molar-refractivity contribution in [3.05, 3.63) is 29.8 Å². The summed E-state index contributed by atoms with van der Waals surface area (Å²) in [5.74, 6) is 0.201. The van der Waals surface area contributed by atoms with Crippen LogP contribution in [-0.2, 0) is 14.6 Å². The molecule has 1 amide bonds. The highest BCUT2D eigenvalue weighted by molar-refractivity contribution is 7.99. The van der Waals surface area contributed by atoms with E-state index in [4.69, 9.17) is 0 Å². The Morgan fingerprint density at radius 3 is 2.81 bits per heavy atom. The molecule has 1 aliphatic heterocycles. The average molecular weight is 327 g/mol. The zero-order valence-corrected chi connectivity index (χ0v) is 14.0. The first-order valence-electron chi connectivity index (χ1n) is 7.09. The van der Waals surface area contributed by atoms with Gasteiger partial charge in [0.05, 0.1) is 11.8 Å². The van der Waals surface area contributed by atoms with Gasteiger partial charge in [-0.1, -0.05) is 32.0 Å². The molecule has 1 aliphatic rings. The lowest BCUT2D eigenvalue weighted by atomic mass is 10.0. The van der Waals surface area contributed by atoms with Crippen molar-refractivity contribution < 1.29 is 13.2 Å². The van der Waals surface area contributed by atoms with Gasteiger partial charge in [0.25, 0.3) is 0 Å². The van der Waals surface area contributed by atoms with Crippen LogP contribution in [0.4, 0.5) is 0 Å².